The Bertz CT molecular complexity index is 1270. The van der Waals surface area contributed by atoms with Crippen LogP contribution in [0.5, 0.6) is 0 Å². The van der Waals surface area contributed by atoms with Crippen molar-refractivity contribution in [1.29, 1.82) is 0 Å². The molecule has 3 aromatic rings. The average molecular weight is 499 g/mol. The van der Waals surface area contributed by atoms with Gasteiger partial charge >= 0.3 is 6.09 Å². The van der Waals surface area contributed by atoms with Gasteiger partial charge in [0.05, 0.1) is 23.2 Å². The summed E-state index contributed by atoms with van der Waals surface area (Å²) >= 11 is 1.36. The van der Waals surface area contributed by atoms with Gasteiger partial charge < -0.3 is 14.5 Å². The number of thioether (sulfide) groups is 1. The highest BCUT2D eigenvalue weighted by Crippen LogP contribution is 2.23. The van der Waals surface area contributed by atoms with Crippen molar-refractivity contribution in [2.24, 2.45) is 0 Å². The first kappa shape index (κ1) is 24.7. The third-order valence-electron chi connectivity index (χ3n) is 5.74. The van der Waals surface area contributed by atoms with Gasteiger partial charge in [0, 0.05) is 38.4 Å². The standard InChI is InChI=1S/C25H27FN4O4S/c1-2-34-25(33)29-14-12-28(13-15-29)22(31)11-6-16-35-24-27-21-10-4-3-9-20(21)23(32)30(24)19-8-5-7-18(26)17-19/h3-5,7-10,17H,2,6,11-16H2,1H3. The number of aromatic nitrogens is 2. The van der Waals surface area contributed by atoms with Gasteiger partial charge in [0.1, 0.15) is 5.82 Å². The zero-order chi connectivity index (χ0) is 24.8. The lowest BCUT2D eigenvalue weighted by molar-refractivity contribution is -0.132. The minimum Gasteiger partial charge on any atom is -0.450 e. The Morgan fingerprint density at radius 2 is 1.80 bits per heavy atom. The molecule has 10 heteroatoms. The molecule has 1 aliphatic rings. The summed E-state index contributed by atoms with van der Waals surface area (Å²) in [5.74, 6) is 0.157. The number of benzene rings is 2. The first-order valence-corrected chi connectivity index (χ1v) is 12.6. The Balaban J connectivity index is 1.40. The first-order chi connectivity index (χ1) is 17.0. The number of rotatable bonds is 7. The van der Waals surface area contributed by atoms with Gasteiger partial charge in [0.25, 0.3) is 5.56 Å². The van der Waals surface area contributed by atoms with Gasteiger partial charge in [0.2, 0.25) is 5.91 Å². The molecule has 35 heavy (non-hydrogen) atoms. The number of hydrogen-bond donors (Lipinski definition) is 0. The van der Waals surface area contributed by atoms with Crippen LogP contribution >= 0.6 is 11.8 Å². The Labute approximate surface area is 206 Å². The SMILES string of the molecule is CCOC(=O)N1CCN(C(=O)CCCSc2nc3ccccc3c(=O)n2-c2cccc(F)c2)CC1. The summed E-state index contributed by atoms with van der Waals surface area (Å²) in [6.07, 6.45) is 0.598. The lowest BCUT2D eigenvalue weighted by Gasteiger charge is -2.34. The van der Waals surface area contributed by atoms with Crippen LogP contribution in [0.1, 0.15) is 19.8 Å². The molecule has 1 saturated heterocycles. The summed E-state index contributed by atoms with van der Waals surface area (Å²) in [5.41, 5.74) is 0.716. The van der Waals surface area contributed by atoms with Crippen LogP contribution in [0.2, 0.25) is 0 Å². The maximum absolute atomic E-state index is 13.9. The fraction of sp³-hybridized carbons (Fsp3) is 0.360. The maximum atomic E-state index is 13.9. The molecular weight excluding hydrogens is 471 g/mol. The smallest absolute Gasteiger partial charge is 0.409 e. The second-order valence-electron chi connectivity index (χ2n) is 8.05. The molecule has 0 unspecified atom stereocenters. The van der Waals surface area contributed by atoms with Crippen LogP contribution in [0.25, 0.3) is 16.6 Å². The topological polar surface area (TPSA) is 84.7 Å². The van der Waals surface area contributed by atoms with Crippen LogP contribution in [-0.4, -0.2) is 69.9 Å². The van der Waals surface area contributed by atoms with Crippen LogP contribution in [-0.2, 0) is 9.53 Å². The van der Waals surface area contributed by atoms with Gasteiger partial charge in [-0.15, -0.1) is 0 Å². The first-order valence-electron chi connectivity index (χ1n) is 11.6. The van der Waals surface area contributed by atoms with Crippen LogP contribution < -0.4 is 5.56 Å². The molecule has 0 atom stereocenters. The molecule has 0 bridgehead atoms. The van der Waals surface area contributed by atoms with Crippen molar-refractivity contribution in [2.75, 3.05) is 38.5 Å². The van der Waals surface area contributed by atoms with Crippen molar-refractivity contribution >= 4 is 34.7 Å². The molecule has 2 heterocycles. The number of ether oxygens (including phenoxy) is 1. The zero-order valence-corrected chi connectivity index (χ0v) is 20.3. The fourth-order valence-corrected chi connectivity index (χ4v) is 4.90. The molecule has 1 aliphatic heterocycles. The number of nitrogens with zero attached hydrogens (tertiary/aromatic N) is 4. The van der Waals surface area contributed by atoms with E-state index in [-0.39, 0.29) is 17.6 Å². The van der Waals surface area contributed by atoms with Gasteiger partial charge in [-0.25, -0.2) is 14.2 Å². The molecule has 1 aromatic heterocycles. The maximum Gasteiger partial charge on any atom is 0.409 e. The molecule has 2 amide bonds. The lowest BCUT2D eigenvalue weighted by atomic mass is 10.2. The lowest BCUT2D eigenvalue weighted by Crippen LogP contribution is -2.50. The summed E-state index contributed by atoms with van der Waals surface area (Å²) < 4.78 is 20.3. The molecule has 8 nitrogen and oxygen atoms in total. The summed E-state index contributed by atoms with van der Waals surface area (Å²) in [4.78, 5) is 45.7. The normalized spacial score (nSPS) is 13.8. The van der Waals surface area contributed by atoms with E-state index in [0.717, 1.165) is 0 Å². The molecule has 0 N–H and O–H groups in total. The van der Waals surface area contributed by atoms with Crippen molar-refractivity contribution in [3.05, 3.63) is 64.7 Å². The number of amides is 2. The van der Waals surface area contributed by atoms with E-state index in [4.69, 9.17) is 4.74 Å². The van der Waals surface area contributed by atoms with Crippen LogP contribution in [0.3, 0.4) is 0 Å². The monoisotopic (exact) mass is 498 g/mol. The number of para-hydroxylation sites is 1. The third-order valence-corrected chi connectivity index (χ3v) is 6.76. The number of carbonyl (C=O) groups excluding carboxylic acids is 2. The van der Waals surface area contributed by atoms with E-state index in [0.29, 0.717) is 73.1 Å². The van der Waals surface area contributed by atoms with Crippen molar-refractivity contribution in [1.82, 2.24) is 19.4 Å². The van der Waals surface area contributed by atoms with Crippen LogP contribution in [0, 0.1) is 5.82 Å². The highest BCUT2D eigenvalue weighted by atomic mass is 32.2. The van der Waals surface area contributed by atoms with E-state index in [1.807, 2.05) is 6.07 Å². The summed E-state index contributed by atoms with van der Waals surface area (Å²) in [6, 6.07) is 12.9. The third kappa shape index (κ3) is 5.82. The van der Waals surface area contributed by atoms with Gasteiger partial charge in [-0.2, -0.15) is 0 Å². The summed E-state index contributed by atoms with van der Waals surface area (Å²) in [6.45, 7) is 3.97. The second-order valence-corrected chi connectivity index (χ2v) is 9.11. The van der Waals surface area contributed by atoms with Crippen LogP contribution in [0.15, 0.2) is 58.5 Å². The summed E-state index contributed by atoms with van der Waals surface area (Å²) in [7, 11) is 0. The molecule has 0 spiro atoms. The number of hydrogen-bond acceptors (Lipinski definition) is 6. The average Bonchev–Trinajstić information content (AvgIpc) is 2.87. The molecule has 4 rings (SSSR count). The molecular formula is C25H27FN4O4S. The fourth-order valence-electron chi connectivity index (χ4n) is 3.95. The minimum absolute atomic E-state index is 0.0306. The van der Waals surface area contributed by atoms with Crippen molar-refractivity contribution in [2.45, 2.75) is 24.9 Å². The number of piperazine rings is 1. The second kappa shape index (κ2) is 11.4. The highest BCUT2D eigenvalue weighted by molar-refractivity contribution is 7.99. The van der Waals surface area contributed by atoms with E-state index in [1.54, 1.807) is 47.1 Å². The molecule has 1 fully saturated rings. The quantitative estimate of drug-likeness (QED) is 0.281. The van der Waals surface area contributed by atoms with Crippen molar-refractivity contribution in [3.63, 3.8) is 0 Å². The predicted octanol–water partition coefficient (Wildman–Crippen LogP) is 3.70. The van der Waals surface area contributed by atoms with E-state index >= 15 is 0 Å². The summed E-state index contributed by atoms with van der Waals surface area (Å²) in [5, 5.41) is 0.910. The van der Waals surface area contributed by atoms with E-state index < -0.39 is 5.82 Å². The van der Waals surface area contributed by atoms with E-state index in [1.165, 1.54) is 28.5 Å². The van der Waals surface area contributed by atoms with Gasteiger partial charge in [0.15, 0.2) is 5.16 Å². The van der Waals surface area contributed by atoms with E-state index in [2.05, 4.69) is 4.98 Å². The molecule has 2 aromatic carbocycles. The Hall–Kier alpha value is -3.40. The number of carbonyl (C=O) groups is 2. The molecule has 0 aliphatic carbocycles. The van der Waals surface area contributed by atoms with Gasteiger partial charge in [-0.1, -0.05) is 30.0 Å². The molecule has 184 valence electrons. The highest BCUT2D eigenvalue weighted by Gasteiger charge is 2.24. The Morgan fingerprint density at radius 3 is 2.54 bits per heavy atom. The van der Waals surface area contributed by atoms with Gasteiger partial charge in [-0.05, 0) is 43.7 Å². The van der Waals surface area contributed by atoms with Gasteiger partial charge in [-0.3, -0.25) is 14.2 Å². The molecule has 0 radical (unpaired) electrons. The van der Waals surface area contributed by atoms with Crippen molar-refractivity contribution in [3.8, 4) is 5.69 Å². The Kier molecular flexibility index (Phi) is 8.02. The Morgan fingerprint density at radius 1 is 1.06 bits per heavy atom. The zero-order valence-electron chi connectivity index (χ0n) is 19.5. The minimum atomic E-state index is -0.438. The molecule has 0 saturated carbocycles. The van der Waals surface area contributed by atoms with Crippen molar-refractivity contribution < 1.29 is 18.7 Å². The van der Waals surface area contributed by atoms with Crippen LogP contribution in [0.4, 0.5) is 9.18 Å². The number of halogens is 1. The predicted molar refractivity (Wildman–Crippen MR) is 132 cm³/mol. The van der Waals surface area contributed by atoms with E-state index in [9.17, 15) is 18.8 Å². The number of fused-ring (bicyclic) bond motifs is 1. The largest absolute Gasteiger partial charge is 0.450 e.